The Morgan fingerprint density at radius 3 is 2.41 bits per heavy atom. The highest BCUT2D eigenvalue weighted by molar-refractivity contribution is 7.80. The van der Waals surface area contributed by atoms with Gasteiger partial charge in [-0.3, -0.25) is 4.79 Å². The third kappa shape index (κ3) is 3.09. The van der Waals surface area contributed by atoms with Gasteiger partial charge in [-0.25, -0.2) is 0 Å². The van der Waals surface area contributed by atoms with E-state index in [0.717, 1.165) is 17.2 Å². The van der Waals surface area contributed by atoms with E-state index in [2.05, 4.69) is 5.32 Å². The number of nitrogens with zero attached hydrogens (tertiary/aromatic N) is 1. The highest BCUT2D eigenvalue weighted by atomic mass is 32.1. The highest BCUT2D eigenvalue weighted by Crippen LogP contribution is 2.25. The Hall–Kier alpha value is -2.40. The molecular weight excluding hydrogens is 296 g/mol. The Labute approximate surface area is 134 Å². The van der Waals surface area contributed by atoms with Crippen LogP contribution in [-0.2, 0) is 4.79 Å². The van der Waals surface area contributed by atoms with Gasteiger partial charge >= 0.3 is 0 Å². The molecule has 1 amide bonds. The average Bonchev–Trinajstić information content (AvgIpc) is 2.53. The number of anilines is 1. The first kappa shape index (κ1) is 14.5. The number of thiocarbonyl (C=S) groups is 1. The van der Waals surface area contributed by atoms with Crippen molar-refractivity contribution < 1.29 is 9.53 Å². The standard InChI is InChI=1S/C17H16N2O2S/c1-12-11-19(17(22)18-16(12)20)13-7-9-15(10-8-13)21-14-5-3-2-4-6-14/h2-10,12H,11H2,1H3,(H,18,20,22)/t12-/m1/s1. The Bertz CT molecular complexity index is 686. The van der Waals surface area contributed by atoms with Gasteiger partial charge in [0.2, 0.25) is 5.91 Å². The summed E-state index contributed by atoms with van der Waals surface area (Å²) in [6, 6.07) is 17.3. The predicted octanol–water partition coefficient (Wildman–Crippen LogP) is 3.34. The van der Waals surface area contributed by atoms with Gasteiger partial charge in [0.15, 0.2) is 5.11 Å². The lowest BCUT2D eigenvalue weighted by molar-refractivity contribution is -0.123. The molecule has 0 aromatic heterocycles. The molecule has 0 aliphatic carbocycles. The number of rotatable bonds is 3. The summed E-state index contributed by atoms with van der Waals surface area (Å²) in [5, 5.41) is 3.16. The van der Waals surface area contributed by atoms with Crippen molar-refractivity contribution in [3.8, 4) is 11.5 Å². The molecule has 0 unspecified atom stereocenters. The van der Waals surface area contributed by atoms with Crippen LogP contribution in [0.4, 0.5) is 5.69 Å². The second-order valence-corrected chi connectivity index (χ2v) is 5.60. The van der Waals surface area contributed by atoms with Crippen LogP contribution in [0.3, 0.4) is 0 Å². The normalized spacial score (nSPS) is 18.0. The maximum absolute atomic E-state index is 11.6. The van der Waals surface area contributed by atoms with Gasteiger partial charge in [0, 0.05) is 12.2 Å². The Kier molecular flexibility index (Phi) is 4.06. The van der Waals surface area contributed by atoms with Crippen LogP contribution in [0.15, 0.2) is 54.6 Å². The molecule has 112 valence electrons. The van der Waals surface area contributed by atoms with E-state index >= 15 is 0 Å². The molecule has 5 heteroatoms. The number of hydrogen-bond acceptors (Lipinski definition) is 3. The molecule has 0 saturated carbocycles. The maximum atomic E-state index is 11.6. The van der Waals surface area contributed by atoms with Gasteiger partial charge in [-0.15, -0.1) is 0 Å². The molecule has 1 saturated heterocycles. The Morgan fingerprint density at radius 1 is 1.09 bits per heavy atom. The van der Waals surface area contributed by atoms with Crippen molar-refractivity contribution in [1.82, 2.24) is 5.32 Å². The van der Waals surface area contributed by atoms with Gasteiger partial charge in [0.25, 0.3) is 0 Å². The first-order valence-corrected chi connectivity index (χ1v) is 7.49. The smallest absolute Gasteiger partial charge is 0.230 e. The van der Waals surface area contributed by atoms with Gasteiger partial charge in [-0.05, 0) is 48.6 Å². The fourth-order valence-corrected chi connectivity index (χ4v) is 2.56. The molecular formula is C17H16N2O2S. The number of carbonyl (C=O) groups excluding carboxylic acids is 1. The minimum absolute atomic E-state index is 0.0229. The molecule has 1 atom stereocenters. The van der Waals surface area contributed by atoms with Crippen LogP contribution in [0.1, 0.15) is 6.92 Å². The Balaban J connectivity index is 1.74. The van der Waals surface area contributed by atoms with Crippen molar-refractivity contribution in [2.24, 2.45) is 5.92 Å². The lowest BCUT2D eigenvalue weighted by Crippen LogP contribution is -2.53. The number of hydrogen-bond donors (Lipinski definition) is 1. The second kappa shape index (κ2) is 6.15. The molecule has 2 aromatic rings. The zero-order chi connectivity index (χ0) is 15.5. The number of benzene rings is 2. The maximum Gasteiger partial charge on any atom is 0.230 e. The molecule has 1 fully saturated rings. The molecule has 1 heterocycles. The van der Waals surface area contributed by atoms with Crippen LogP contribution in [-0.4, -0.2) is 17.6 Å². The topological polar surface area (TPSA) is 41.6 Å². The molecule has 1 aliphatic heterocycles. The van der Waals surface area contributed by atoms with Gasteiger partial charge in [-0.2, -0.15) is 0 Å². The fourth-order valence-electron chi connectivity index (χ4n) is 2.28. The summed E-state index contributed by atoms with van der Waals surface area (Å²) in [5.74, 6) is 1.44. The lowest BCUT2D eigenvalue weighted by atomic mass is 10.1. The molecule has 0 spiro atoms. The summed E-state index contributed by atoms with van der Waals surface area (Å²) < 4.78 is 5.76. The van der Waals surface area contributed by atoms with Gasteiger partial charge < -0.3 is 15.0 Å². The highest BCUT2D eigenvalue weighted by Gasteiger charge is 2.27. The molecule has 22 heavy (non-hydrogen) atoms. The third-order valence-electron chi connectivity index (χ3n) is 3.51. The summed E-state index contributed by atoms with van der Waals surface area (Å²) in [6.07, 6.45) is 0. The zero-order valence-electron chi connectivity index (χ0n) is 12.2. The van der Waals surface area contributed by atoms with Crippen molar-refractivity contribution in [1.29, 1.82) is 0 Å². The summed E-state index contributed by atoms with van der Waals surface area (Å²) in [6.45, 7) is 2.47. The van der Waals surface area contributed by atoms with Crippen molar-refractivity contribution >= 4 is 28.9 Å². The van der Waals surface area contributed by atoms with E-state index in [9.17, 15) is 4.79 Å². The van der Waals surface area contributed by atoms with E-state index in [1.54, 1.807) is 0 Å². The third-order valence-corrected chi connectivity index (χ3v) is 3.83. The number of nitrogens with one attached hydrogen (secondary N) is 1. The van der Waals surface area contributed by atoms with Crippen molar-refractivity contribution in [2.45, 2.75) is 6.92 Å². The van der Waals surface area contributed by atoms with Crippen LogP contribution in [0.25, 0.3) is 0 Å². The number of para-hydroxylation sites is 1. The number of ether oxygens (including phenoxy) is 1. The van der Waals surface area contributed by atoms with E-state index in [1.807, 2.05) is 66.4 Å². The van der Waals surface area contributed by atoms with Crippen LogP contribution in [0.5, 0.6) is 11.5 Å². The Morgan fingerprint density at radius 2 is 1.73 bits per heavy atom. The van der Waals surface area contributed by atoms with Crippen LogP contribution in [0, 0.1) is 5.92 Å². The molecule has 0 radical (unpaired) electrons. The first-order valence-electron chi connectivity index (χ1n) is 7.09. The van der Waals surface area contributed by atoms with Gasteiger partial charge in [-0.1, -0.05) is 25.1 Å². The minimum atomic E-state index is -0.0908. The quantitative estimate of drug-likeness (QED) is 0.883. The minimum Gasteiger partial charge on any atom is -0.457 e. The van der Waals surface area contributed by atoms with E-state index in [-0.39, 0.29) is 11.8 Å². The second-order valence-electron chi connectivity index (χ2n) is 5.22. The number of amides is 1. The van der Waals surface area contributed by atoms with Crippen molar-refractivity contribution in [2.75, 3.05) is 11.4 Å². The van der Waals surface area contributed by atoms with E-state index in [0.29, 0.717) is 11.7 Å². The molecule has 4 nitrogen and oxygen atoms in total. The van der Waals surface area contributed by atoms with Crippen LogP contribution in [0.2, 0.25) is 0 Å². The lowest BCUT2D eigenvalue weighted by Gasteiger charge is -2.32. The van der Waals surface area contributed by atoms with E-state index in [1.165, 1.54) is 0 Å². The van der Waals surface area contributed by atoms with Crippen molar-refractivity contribution in [3.63, 3.8) is 0 Å². The molecule has 1 aliphatic rings. The predicted molar refractivity (Wildman–Crippen MR) is 90.2 cm³/mol. The summed E-state index contributed by atoms with van der Waals surface area (Å²) >= 11 is 5.24. The largest absolute Gasteiger partial charge is 0.457 e. The van der Waals surface area contributed by atoms with E-state index in [4.69, 9.17) is 17.0 Å². The number of carbonyl (C=O) groups is 1. The average molecular weight is 312 g/mol. The summed E-state index contributed by atoms with van der Waals surface area (Å²) in [5.41, 5.74) is 0.942. The van der Waals surface area contributed by atoms with Crippen LogP contribution < -0.4 is 15.0 Å². The molecule has 2 aromatic carbocycles. The van der Waals surface area contributed by atoms with E-state index < -0.39 is 0 Å². The molecule has 3 rings (SSSR count). The van der Waals surface area contributed by atoms with Crippen LogP contribution >= 0.6 is 12.2 Å². The first-order chi connectivity index (χ1) is 10.6. The van der Waals surface area contributed by atoms with Crippen molar-refractivity contribution in [3.05, 3.63) is 54.6 Å². The monoisotopic (exact) mass is 312 g/mol. The summed E-state index contributed by atoms with van der Waals surface area (Å²) in [4.78, 5) is 13.5. The van der Waals surface area contributed by atoms with Gasteiger partial charge in [0.05, 0.1) is 5.92 Å². The molecule has 0 bridgehead atoms. The van der Waals surface area contributed by atoms with Gasteiger partial charge in [0.1, 0.15) is 11.5 Å². The fraction of sp³-hybridized carbons (Fsp3) is 0.176. The zero-order valence-corrected chi connectivity index (χ0v) is 13.0. The summed E-state index contributed by atoms with van der Waals surface area (Å²) in [7, 11) is 0. The SMILES string of the molecule is C[C@@H]1CN(c2ccc(Oc3ccccc3)cc2)C(=S)NC1=O. The molecule has 1 N–H and O–H groups in total.